The molecule has 0 aliphatic carbocycles. The molecule has 0 saturated carbocycles. The molecule has 5 nitrogen and oxygen atoms in total. The molecule has 3 aromatic rings. The molecule has 0 unspecified atom stereocenters. The molecule has 0 atom stereocenters. The van der Waals surface area contributed by atoms with Gasteiger partial charge in [0.1, 0.15) is 5.58 Å². The number of likely N-dealkylation sites (N-methyl/N-ethyl adjacent to an activating group) is 1. The zero-order chi connectivity index (χ0) is 18.3. The van der Waals surface area contributed by atoms with Gasteiger partial charge in [-0.05, 0) is 31.5 Å². The van der Waals surface area contributed by atoms with Gasteiger partial charge >= 0.3 is 0 Å². The highest BCUT2D eigenvalue weighted by molar-refractivity contribution is 7.15. The largest absolute Gasteiger partial charge is 0.464 e. The predicted molar refractivity (Wildman–Crippen MR) is 105 cm³/mol. The molecule has 0 spiro atoms. The van der Waals surface area contributed by atoms with Gasteiger partial charge in [0.25, 0.3) is 0 Å². The van der Waals surface area contributed by atoms with Crippen LogP contribution in [0.4, 0.5) is 5.13 Å². The molecule has 1 aliphatic rings. The molecule has 0 fully saturated rings. The van der Waals surface area contributed by atoms with Crippen molar-refractivity contribution in [2.45, 2.75) is 40.2 Å². The number of aromatic nitrogens is 1. The van der Waals surface area contributed by atoms with Crippen molar-refractivity contribution >= 4 is 33.3 Å². The molecule has 4 rings (SSSR count). The van der Waals surface area contributed by atoms with E-state index in [0.29, 0.717) is 11.6 Å². The third kappa shape index (κ3) is 3.15. The van der Waals surface area contributed by atoms with Crippen LogP contribution >= 0.6 is 11.3 Å². The third-order valence-corrected chi connectivity index (χ3v) is 6.19. The number of thiazole rings is 1. The van der Waals surface area contributed by atoms with Crippen molar-refractivity contribution in [3.63, 3.8) is 0 Å². The normalized spacial score (nSPS) is 14.6. The van der Waals surface area contributed by atoms with Crippen LogP contribution in [0.25, 0.3) is 11.0 Å². The van der Waals surface area contributed by atoms with E-state index in [1.807, 2.05) is 13.0 Å². The van der Waals surface area contributed by atoms with Crippen LogP contribution in [0.3, 0.4) is 0 Å². The number of hydrogen-bond acceptors (Lipinski definition) is 5. The monoisotopic (exact) mass is 369 g/mol. The number of furan rings is 1. The second-order valence-electron chi connectivity index (χ2n) is 6.88. The summed E-state index contributed by atoms with van der Waals surface area (Å²) in [5, 5.41) is 4.69. The van der Waals surface area contributed by atoms with Crippen LogP contribution in [0.15, 0.2) is 22.8 Å². The van der Waals surface area contributed by atoms with Gasteiger partial charge in [0.15, 0.2) is 5.13 Å². The summed E-state index contributed by atoms with van der Waals surface area (Å²) in [6.07, 6.45) is 2.95. The summed E-state index contributed by atoms with van der Waals surface area (Å²) < 4.78 is 5.70. The maximum absolute atomic E-state index is 12.5. The fourth-order valence-electron chi connectivity index (χ4n) is 3.43. The molecule has 1 amide bonds. The van der Waals surface area contributed by atoms with E-state index in [2.05, 4.69) is 35.1 Å². The quantitative estimate of drug-likeness (QED) is 0.753. The highest BCUT2D eigenvalue weighted by Crippen LogP contribution is 2.29. The van der Waals surface area contributed by atoms with Gasteiger partial charge in [0.2, 0.25) is 5.91 Å². The van der Waals surface area contributed by atoms with E-state index < -0.39 is 0 Å². The highest BCUT2D eigenvalue weighted by atomic mass is 32.1. The van der Waals surface area contributed by atoms with Gasteiger partial charge in [-0.15, -0.1) is 11.3 Å². The van der Waals surface area contributed by atoms with Crippen LogP contribution in [0.5, 0.6) is 0 Å². The van der Waals surface area contributed by atoms with E-state index in [0.717, 1.165) is 53.8 Å². The first-order chi connectivity index (χ1) is 12.5. The van der Waals surface area contributed by atoms with Crippen molar-refractivity contribution in [1.29, 1.82) is 0 Å². The van der Waals surface area contributed by atoms with Gasteiger partial charge in [-0.3, -0.25) is 9.69 Å². The second-order valence-corrected chi connectivity index (χ2v) is 7.96. The van der Waals surface area contributed by atoms with Gasteiger partial charge in [-0.2, -0.15) is 0 Å². The van der Waals surface area contributed by atoms with Gasteiger partial charge in [0, 0.05) is 35.3 Å². The number of carbonyl (C=O) groups is 1. The first kappa shape index (κ1) is 17.2. The van der Waals surface area contributed by atoms with E-state index in [1.165, 1.54) is 10.4 Å². The van der Waals surface area contributed by atoms with E-state index in [9.17, 15) is 4.79 Å². The number of rotatable bonds is 4. The van der Waals surface area contributed by atoms with Crippen LogP contribution in [0.2, 0.25) is 0 Å². The summed E-state index contributed by atoms with van der Waals surface area (Å²) >= 11 is 1.60. The number of anilines is 1. The summed E-state index contributed by atoms with van der Waals surface area (Å²) in [6.45, 7) is 9.31. The topological polar surface area (TPSA) is 58.4 Å². The van der Waals surface area contributed by atoms with Gasteiger partial charge in [-0.1, -0.05) is 19.1 Å². The standard InChI is InChI=1S/C20H23N3O2S/c1-4-23-8-7-16-17(10-23)26-20(21-16)22-18(24)9-14-11-25-19-13(3)12(2)5-6-15(14)19/h5-6,11H,4,7-10H2,1-3H3,(H,21,22,24). The minimum atomic E-state index is -0.0515. The lowest BCUT2D eigenvalue weighted by molar-refractivity contribution is -0.115. The summed E-state index contributed by atoms with van der Waals surface area (Å²) in [4.78, 5) is 20.8. The molecule has 26 heavy (non-hydrogen) atoms. The maximum Gasteiger partial charge on any atom is 0.230 e. The molecule has 1 aromatic carbocycles. The predicted octanol–water partition coefficient (Wildman–Crippen LogP) is 4.07. The molecule has 1 N–H and O–H groups in total. The van der Waals surface area contributed by atoms with Crippen molar-refractivity contribution in [2.75, 3.05) is 18.4 Å². The molecule has 0 saturated heterocycles. The number of aryl methyl sites for hydroxylation is 2. The number of nitrogens with one attached hydrogen (secondary N) is 1. The Hall–Kier alpha value is -2.18. The van der Waals surface area contributed by atoms with Crippen LogP contribution in [-0.2, 0) is 24.2 Å². The van der Waals surface area contributed by atoms with Crippen LogP contribution in [-0.4, -0.2) is 28.9 Å². The lowest BCUT2D eigenvalue weighted by atomic mass is 10.0. The second kappa shape index (κ2) is 6.85. The minimum Gasteiger partial charge on any atom is -0.464 e. The Labute approximate surface area is 157 Å². The average Bonchev–Trinajstić information content (AvgIpc) is 3.21. The Balaban J connectivity index is 1.48. The summed E-state index contributed by atoms with van der Waals surface area (Å²) in [5.41, 5.74) is 5.24. The van der Waals surface area contributed by atoms with E-state index in [4.69, 9.17) is 4.42 Å². The first-order valence-electron chi connectivity index (χ1n) is 9.02. The summed E-state index contributed by atoms with van der Waals surface area (Å²) in [7, 11) is 0. The molecule has 3 heterocycles. The van der Waals surface area contributed by atoms with Crippen molar-refractivity contribution in [3.8, 4) is 0 Å². The number of benzene rings is 1. The molecule has 0 radical (unpaired) electrons. The van der Waals surface area contributed by atoms with Crippen LogP contribution in [0.1, 0.15) is 34.2 Å². The number of nitrogens with zero attached hydrogens (tertiary/aromatic N) is 2. The van der Waals surface area contributed by atoms with Crippen molar-refractivity contribution in [2.24, 2.45) is 0 Å². The molecule has 1 aliphatic heterocycles. The fraction of sp³-hybridized carbons (Fsp3) is 0.400. The van der Waals surface area contributed by atoms with Gasteiger partial charge in [0.05, 0.1) is 18.4 Å². The van der Waals surface area contributed by atoms with E-state index in [-0.39, 0.29) is 5.91 Å². The fourth-order valence-corrected chi connectivity index (χ4v) is 4.50. The molecule has 6 heteroatoms. The molecular formula is C20H23N3O2S. The maximum atomic E-state index is 12.5. The number of hydrogen-bond donors (Lipinski definition) is 1. The first-order valence-corrected chi connectivity index (χ1v) is 9.84. The smallest absolute Gasteiger partial charge is 0.230 e. The zero-order valence-electron chi connectivity index (χ0n) is 15.4. The minimum absolute atomic E-state index is 0.0515. The Morgan fingerprint density at radius 1 is 1.38 bits per heavy atom. The Kier molecular flexibility index (Phi) is 4.54. The SMILES string of the molecule is CCN1CCc2nc(NC(=O)Cc3coc4c(C)c(C)ccc34)sc2C1. The van der Waals surface area contributed by atoms with Crippen molar-refractivity contribution in [3.05, 3.63) is 45.7 Å². The Morgan fingerprint density at radius 2 is 2.23 bits per heavy atom. The number of fused-ring (bicyclic) bond motifs is 2. The van der Waals surface area contributed by atoms with E-state index in [1.54, 1.807) is 17.6 Å². The summed E-state index contributed by atoms with van der Waals surface area (Å²) in [5.74, 6) is -0.0515. The van der Waals surface area contributed by atoms with E-state index >= 15 is 0 Å². The molecule has 2 aromatic heterocycles. The number of carbonyl (C=O) groups excluding carboxylic acids is 1. The molecule has 136 valence electrons. The van der Waals surface area contributed by atoms with Crippen LogP contribution < -0.4 is 5.32 Å². The van der Waals surface area contributed by atoms with Gasteiger partial charge in [-0.25, -0.2) is 4.98 Å². The molecule has 0 bridgehead atoms. The van der Waals surface area contributed by atoms with Crippen molar-refractivity contribution in [1.82, 2.24) is 9.88 Å². The van der Waals surface area contributed by atoms with Gasteiger partial charge < -0.3 is 9.73 Å². The van der Waals surface area contributed by atoms with Crippen molar-refractivity contribution < 1.29 is 9.21 Å². The van der Waals surface area contributed by atoms with Crippen LogP contribution in [0, 0.1) is 13.8 Å². The molecular weight excluding hydrogens is 346 g/mol. The zero-order valence-corrected chi connectivity index (χ0v) is 16.2. The number of amides is 1. The lowest BCUT2D eigenvalue weighted by Crippen LogP contribution is -2.29. The lowest BCUT2D eigenvalue weighted by Gasteiger charge is -2.23. The Bertz CT molecular complexity index is 973. The highest BCUT2D eigenvalue weighted by Gasteiger charge is 2.21. The third-order valence-electron chi connectivity index (χ3n) is 5.20. The Morgan fingerprint density at radius 3 is 3.04 bits per heavy atom. The average molecular weight is 369 g/mol. The summed E-state index contributed by atoms with van der Waals surface area (Å²) in [6, 6.07) is 4.11.